The van der Waals surface area contributed by atoms with Gasteiger partial charge in [0.1, 0.15) is 0 Å². The molecule has 0 radical (unpaired) electrons. The van der Waals surface area contributed by atoms with E-state index in [1.54, 1.807) is 0 Å². The van der Waals surface area contributed by atoms with Crippen molar-refractivity contribution >= 4 is 27.8 Å². The molecule has 0 bridgehead atoms. The van der Waals surface area contributed by atoms with Crippen LogP contribution in [0.15, 0.2) is 133 Å². The molecule has 1 nitrogen and oxygen atoms in total. The Balaban J connectivity index is 1.42. The first-order valence-corrected chi connectivity index (χ1v) is 19.7. The zero-order valence-corrected chi connectivity index (χ0v) is 33.1. The van der Waals surface area contributed by atoms with Crippen molar-refractivity contribution in [3.8, 4) is 33.4 Å². The number of anilines is 3. The fourth-order valence-corrected chi connectivity index (χ4v) is 10.9. The minimum Gasteiger partial charge on any atom is -0.309 e. The summed E-state index contributed by atoms with van der Waals surface area (Å²) >= 11 is 0. The summed E-state index contributed by atoms with van der Waals surface area (Å²) in [5.41, 5.74) is 21.2. The topological polar surface area (TPSA) is 3.24 Å². The lowest BCUT2D eigenvalue weighted by Gasteiger charge is -2.40. The summed E-state index contributed by atoms with van der Waals surface area (Å²) in [6.07, 6.45) is 0. The molecule has 7 aromatic rings. The molecule has 0 fully saturated rings. The van der Waals surface area contributed by atoms with Crippen molar-refractivity contribution in [3.05, 3.63) is 172 Å². The second kappa shape index (κ2) is 10.9. The van der Waals surface area contributed by atoms with E-state index >= 15 is 0 Å². The van der Waals surface area contributed by atoms with Gasteiger partial charge in [0.05, 0.1) is 11.4 Å². The van der Waals surface area contributed by atoms with Crippen LogP contribution in [0.3, 0.4) is 0 Å². The van der Waals surface area contributed by atoms with Gasteiger partial charge in [-0.3, -0.25) is 0 Å². The van der Waals surface area contributed by atoms with Crippen LogP contribution < -0.4 is 4.90 Å². The van der Waals surface area contributed by atoms with Gasteiger partial charge in [-0.1, -0.05) is 178 Å². The molecule has 0 unspecified atom stereocenters. The third-order valence-electron chi connectivity index (χ3n) is 13.3. The van der Waals surface area contributed by atoms with E-state index in [2.05, 4.69) is 201 Å². The summed E-state index contributed by atoms with van der Waals surface area (Å²) in [4.78, 5) is 2.69. The molecule has 0 saturated carbocycles. The van der Waals surface area contributed by atoms with Crippen LogP contribution in [0.25, 0.3) is 44.2 Å². The summed E-state index contributed by atoms with van der Waals surface area (Å²) in [6.45, 7) is 22.0. The zero-order chi connectivity index (χ0) is 37.5. The molecule has 0 aliphatic heterocycles. The van der Waals surface area contributed by atoms with E-state index in [0.717, 1.165) is 0 Å². The standard InChI is InChI=1S/C53H49N/c1-50(2,3)46-44-37-23-13-16-26-40(37)52(6,7)47(44)49(48-45(46)38-24-14-17-27-41(38)53(48,8)9)54(43-28-18-20-32-19-10-11-21-34(32)43)33-29-30-36-35-22-12-15-25-39(35)51(4,5)42(36)31-33/h10-31H,1-9H3. The van der Waals surface area contributed by atoms with Gasteiger partial charge >= 0.3 is 0 Å². The van der Waals surface area contributed by atoms with Gasteiger partial charge in [0.15, 0.2) is 0 Å². The van der Waals surface area contributed by atoms with Crippen molar-refractivity contribution in [2.24, 2.45) is 0 Å². The van der Waals surface area contributed by atoms with E-state index < -0.39 is 0 Å². The predicted octanol–water partition coefficient (Wildman–Crippen LogP) is 14.5. The Morgan fingerprint density at radius 1 is 0.444 bits per heavy atom. The molecule has 0 aromatic heterocycles. The van der Waals surface area contributed by atoms with Crippen molar-refractivity contribution in [2.45, 2.75) is 84.0 Å². The molecule has 266 valence electrons. The molecule has 54 heavy (non-hydrogen) atoms. The third kappa shape index (κ3) is 4.22. The number of fused-ring (bicyclic) bond motifs is 10. The Hall–Kier alpha value is -5.40. The first-order chi connectivity index (χ1) is 25.7. The molecular formula is C53H49N. The smallest absolute Gasteiger partial charge is 0.0556 e. The van der Waals surface area contributed by atoms with Crippen LogP contribution in [0.2, 0.25) is 0 Å². The van der Waals surface area contributed by atoms with E-state index in [-0.39, 0.29) is 21.7 Å². The second-order valence-electron chi connectivity index (χ2n) is 18.5. The summed E-state index contributed by atoms with van der Waals surface area (Å²) in [6, 6.07) is 50.6. The predicted molar refractivity (Wildman–Crippen MR) is 230 cm³/mol. The molecule has 3 aliphatic rings. The van der Waals surface area contributed by atoms with Gasteiger partial charge in [0, 0.05) is 27.3 Å². The first kappa shape index (κ1) is 33.2. The highest BCUT2D eigenvalue weighted by molar-refractivity contribution is 6.06. The van der Waals surface area contributed by atoms with Gasteiger partial charge in [-0.05, 0) is 101 Å². The third-order valence-corrected chi connectivity index (χ3v) is 13.3. The molecule has 0 atom stereocenters. The average molecular weight is 700 g/mol. The summed E-state index contributed by atoms with van der Waals surface area (Å²) in [5.74, 6) is 0. The molecule has 7 aromatic carbocycles. The molecule has 10 rings (SSSR count). The van der Waals surface area contributed by atoms with Crippen molar-refractivity contribution in [1.29, 1.82) is 0 Å². The van der Waals surface area contributed by atoms with Crippen LogP contribution in [0.4, 0.5) is 17.1 Å². The molecule has 0 amide bonds. The SMILES string of the molecule is CC(C)(C)c1c2c(c(N(c3ccc4c(c3)C(C)(C)c3ccccc3-4)c3cccc4ccccc34)c3c1-c1ccccc1C3(C)C)C(C)(C)c1ccccc1-2. The van der Waals surface area contributed by atoms with E-state index in [1.165, 1.54) is 100 Å². The van der Waals surface area contributed by atoms with Crippen molar-refractivity contribution in [3.63, 3.8) is 0 Å². The lowest BCUT2D eigenvalue weighted by molar-refractivity contribution is 0.587. The minimum absolute atomic E-state index is 0.110. The van der Waals surface area contributed by atoms with E-state index in [9.17, 15) is 0 Å². The molecule has 0 heterocycles. The molecule has 1 heteroatoms. The zero-order valence-electron chi connectivity index (χ0n) is 33.1. The van der Waals surface area contributed by atoms with Crippen LogP contribution in [-0.4, -0.2) is 0 Å². The number of benzene rings is 7. The number of rotatable bonds is 3. The first-order valence-electron chi connectivity index (χ1n) is 19.7. The highest BCUT2D eigenvalue weighted by Crippen LogP contribution is 2.66. The van der Waals surface area contributed by atoms with Crippen LogP contribution in [0.1, 0.15) is 101 Å². The second-order valence-corrected chi connectivity index (χ2v) is 18.5. The van der Waals surface area contributed by atoms with Crippen LogP contribution >= 0.6 is 0 Å². The van der Waals surface area contributed by atoms with Gasteiger partial charge in [-0.25, -0.2) is 0 Å². The average Bonchev–Trinajstić information content (AvgIpc) is 3.64. The van der Waals surface area contributed by atoms with E-state index in [1.807, 2.05) is 0 Å². The Kier molecular flexibility index (Phi) is 6.67. The summed E-state index contributed by atoms with van der Waals surface area (Å²) in [5, 5.41) is 2.51. The number of nitrogens with zero attached hydrogens (tertiary/aromatic N) is 1. The molecule has 3 aliphatic carbocycles. The van der Waals surface area contributed by atoms with Crippen LogP contribution in [-0.2, 0) is 21.7 Å². The van der Waals surface area contributed by atoms with Crippen molar-refractivity contribution < 1.29 is 0 Å². The van der Waals surface area contributed by atoms with Gasteiger partial charge in [0.25, 0.3) is 0 Å². The monoisotopic (exact) mass is 699 g/mol. The van der Waals surface area contributed by atoms with Gasteiger partial charge in [-0.15, -0.1) is 0 Å². The van der Waals surface area contributed by atoms with Gasteiger partial charge in [-0.2, -0.15) is 0 Å². The van der Waals surface area contributed by atoms with Crippen LogP contribution in [0, 0.1) is 0 Å². The normalized spacial score (nSPS) is 16.3. The Bertz CT molecular complexity index is 2640. The molecule has 0 saturated heterocycles. The Morgan fingerprint density at radius 3 is 1.52 bits per heavy atom. The summed E-state index contributed by atoms with van der Waals surface area (Å²) < 4.78 is 0. The minimum atomic E-state index is -0.254. The van der Waals surface area contributed by atoms with E-state index in [4.69, 9.17) is 0 Å². The lowest BCUT2D eigenvalue weighted by Crippen LogP contribution is -2.28. The van der Waals surface area contributed by atoms with Crippen LogP contribution in [0.5, 0.6) is 0 Å². The Morgan fingerprint density at radius 2 is 0.926 bits per heavy atom. The molecular weight excluding hydrogens is 651 g/mol. The fourth-order valence-electron chi connectivity index (χ4n) is 10.9. The lowest BCUT2D eigenvalue weighted by atomic mass is 9.70. The number of hydrogen-bond donors (Lipinski definition) is 0. The summed E-state index contributed by atoms with van der Waals surface area (Å²) in [7, 11) is 0. The van der Waals surface area contributed by atoms with Crippen molar-refractivity contribution in [2.75, 3.05) is 4.90 Å². The highest BCUT2D eigenvalue weighted by Gasteiger charge is 2.50. The maximum absolute atomic E-state index is 2.69. The quantitative estimate of drug-likeness (QED) is 0.177. The largest absolute Gasteiger partial charge is 0.309 e. The highest BCUT2D eigenvalue weighted by atomic mass is 15.2. The Labute approximate surface area is 321 Å². The molecule has 0 N–H and O–H groups in total. The van der Waals surface area contributed by atoms with Gasteiger partial charge in [0.2, 0.25) is 0 Å². The van der Waals surface area contributed by atoms with Crippen molar-refractivity contribution in [1.82, 2.24) is 0 Å². The van der Waals surface area contributed by atoms with Gasteiger partial charge < -0.3 is 4.90 Å². The maximum Gasteiger partial charge on any atom is 0.0556 e. The maximum atomic E-state index is 2.69. The fraction of sp³-hybridized carbons (Fsp3) is 0.245. The molecule has 0 spiro atoms. The number of hydrogen-bond acceptors (Lipinski definition) is 1. The van der Waals surface area contributed by atoms with E-state index in [0.29, 0.717) is 0 Å².